The molecule has 0 rings (SSSR count). The lowest BCUT2D eigenvalue weighted by atomic mass is 10.1. The fourth-order valence-corrected chi connectivity index (χ4v) is 1.32. The molecular formula is C11H25N. The number of rotatable bonds is 7. The summed E-state index contributed by atoms with van der Waals surface area (Å²) >= 11 is 0. The molecule has 0 aromatic rings. The molecule has 1 nitrogen and oxygen atoms in total. The topological polar surface area (TPSA) is 12.0 Å². The fourth-order valence-electron chi connectivity index (χ4n) is 1.32. The van der Waals surface area contributed by atoms with Crippen LogP contribution in [0.3, 0.4) is 0 Å². The molecule has 0 aromatic carbocycles. The van der Waals surface area contributed by atoms with Crippen molar-refractivity contribution < 1.29 is 0 Å². The summed E-state index contributed by atoms with van der Waals surface area (Å²) in [6.07, 6.45) is 5.23. The Kier molecular flexibility index (Phi) is 7.58. The summed E-state index contributed by atoms with van der Waals surface area (Å²) in [6, 6.07) is 0.707. The van der Waals surface area contributed by atoms with Gasteiger partial charge in [-0.2, -0.15) is 0 Å². The maximum atomic E-state index is 3.55. The molecule has 2 unspecified atom stereocenters. The molecule has 0 spiro atoms. The monoisotopic (exact) mass is 171 g/mol. The Morgan fingerprint density at radius 2 is 1.75 bits per heavy atom. The molecule has 1 heteroatoms. The molecule has 2 atom stereocenters. The van der Waals surface area contributed by atoms with Gasteiger partial charge in [-0.05, 0) is 32.2 Å². The van der Waals surface area contributed by atoms with Gasteiger partial charge in [0.2, 0.25) is 0 Å². The number of hydrogen-bond donors (Lipinski definition) is 1. The second-order valence-corrected chi connectivity index (χ2v) is 3.95. The third kappa shape index (κ3) is 6.66. The zero-order valence-electron chi connectivity index (χ0n) is 9.19. The largest absolute Gasteiger partial charge is 0.314 e. The van der Waals surface area contributed by atoms with Crippen LogP contribution in [0.15, 0.2) is 0 Å². The third-order valence-electron chi connectivity index (χ3n) is 2.55. The standard InChI is InChI=1S/C11H25N/c1-5-7-11(4)12-9-8-10(3)6-2/h10-12H,5-9H2,1-4H3. The molecule has 0 radical (unpaired) electrons. The van der Waals surface area contributed by atoms with E-state index < -0.39 is 0 Å². The van der Waals surface area contributed by atoms with Gasteiger partial charge in [-0.1, -0.05) is 33.6 Å². The molecular weight excluding hydrogens is 146 g/mol. The van der Waals surface area contributed by atoms with Gasteiger partial charge in [0.05, 0.1) is 0 Å². The van der Waals surface area contributed by atoms with Crippen LogP contribution in [0.5, 0.6) is 0 Å². The maximum absolute atomic E-state index is 3.55. The summed E-state index contributed by atoms with van der Waals surface area (Å²) in [5, 5.41) is 3.55. The highest BCUT2D eigenvalue weighted by Crippen LogP contribution is 2.05. The average molecular weight is 171 g/mol. The minimum Gasteiger partial charge on any atom is -0.314 e. The third-order valence-corrected chi connectivity index (χ3v) is 2.55. The molecule has 12 heavy (non-hydrogen) atoms. The summed E-state index contributed by atoms with van der Waals surface area (Å²) < 4.78 is 0. The van der Waals surface area contributed by atoms with Crippen molar-refractivity contribution in [2.24, 2.45) is 5.92 Å². The molecule has 0 bridgehead atoms. The van der Waals surface area contributed by atoms with Gasteiger partial charge >= 0.3 is 0 Å². The van der Waals surface area contributed by atoms with E-state index in [1.807, 2.05) is 0 Å². The molecule has 74 valence electrons. The summed E-state index contributed by atoms with van der Waals surface area (Å²) in [6.45, 7) is 10.3. The molecule has 0 aliphatic heterocycles. The Morgan fingerprint density at radius 3 is 2.25 bits per heavy atom. The van der Waals surface area contributed by atoms with Gasteiger partial charge in [-0.3, -0.25) is 0 Å². The highest BCUT2D eigenvalue weighted by atomic mass is 14.9. The lowest BCUT2D eigenvalue weighted by Crippen LogP contribution is -2.27. The normalized spacial score (nSPS) is 16.0. The van der Waals surface area contributed by atoms with Gasteiger partial charge in [0.15, 0.2) is 0 Å². The van der Waals surface area contributed by atoms with Crippen molar-refractivity contribution in [2.75, 3.05) is 6.54 Å². The van der Waals surface area contributed by atoms with Crippen LogP contribution >= 0.6 is 0 Å². The Bertz CT molecular complexity index is 91.0. The van der Waals surface area contributed by atoms with Gasteiger partial charge in [0.1, 0.15) is 0 Å². The van der Waals surface area contributed by atoms with E-state index in [9.17, 15) is 0 Å². The lowest BCUT2D eigenvalue weighted by Gasteiger charge is -2.14. The van der Waals surface area contributed by atoms with E-state index in [4.69, 9.17) is 0 Å². The van der Waals surface area contributed by atoms with E-state index >= 15 is 0 Å². The minimum atomic E-state index is 0.707. The van der Waals surface area contributed by atoms with Crippen LogP contribution < -0.4 is 5.32 Å². The van der Waals surface area contributed by atoms with Crippen LogP contribution in [-0.4, -0.2) is 12.6 Å². The van der Waals surface area contributed by atoms with Crippen molar-refractivity contribution in [2.45, 2.75) is 59.4 Å². The summed E-state index contributed by atoms with van der Waals surface area (Å²) in [4.78, 5) is 0. The zero-order valence-corrected chi connectivity index (χ0v) is 9.19. The maximum Gasteiger partial charge on any atom is 0.00386 e. The van der Waals surface area contributed by atoms with Gasteiger partial charge in [-0.15, -0.1) is 0 Å². The van der Waals surface area contributed by atoms with Crippen molar-refractivity contribution in [1.29, 1.82) is 0 Å². The van der Waals surface area contributed by atoms with Crippen LogP contribution in [0.4, 0.5) is 0 Å². The Labute approximate surface area is 77.9 Å². The Morgan fingerprint density at radius 1 is 1.08 bits per heavy atom. The van der Waals surface area contributed by atoms with Crippen molar-refractivity contribution in [3.8, 4) is 0 Å². The van der Waals surface area contributed by atoms with E-state index in [1.165, 1.54) is 32.2 Å². The summed E-state index contributed by atoms with van der Waals surface area (Å²) in [5.41, 5.74) is 0. The van der Waals surface area contributed by atoms with Crippen molar-refractivity contribution in [3.05, 3.63) is 0 Å². The molecule has 0 saturated carbocycles. The second-order valence-electron chi connectivity index (χ2n) is 3.95. The highest BCUT2D eigenvalue weighted by Gasteiger charge is 2.01. The smallest absolute Gasteiger partial charge is 0.00386 e. The van der Waals surface area contributed by atoms with E-state index in [2.05, 4.69) is 33.0 Å². The first-order valence-corrected chi connectivity index (χ1v) is 5.44. The first-order chi connectivity index (χ1) is 5.70. The van der Waals surface area contributed by atoms with Crippen molar-refractivity contribution >= 4 is 0 Å². The number of nitrogens with one attached hydrogen (secondary N) is 1. The molecule has 0 heterocycles. The quantitative estimate of drug-likeness (QED) is 0.620. The highest BCUT2D eigenvalue weighted by molar-refractivity contribution is 4.60. The van der Waals surface area contributed by atoms with Crippen LogP contribution in [-0.2, 0) is 0 Å². The molecule has 0 aromatic heterocycles. The van der Waals surface area contributed by atoms with Gasteiger partial charge < -0.3 is 5.32 Å². The molecule has 0 aliphatic carbocycles. The van der Waals surface area contributed by atoms with Gasteiger partial charge in [0, 0.05) is 6.04 Å². The van der Waals surface area contributed by atoms with Crippen molar-refractivity contribution in [3.63, 3.8) is 0 Å². The van der Waals surface area contributed by atoms with E-state index in [-0.39, 0.29) is 0 Å². The lowest BCUT2D eigenvalue weighted by molar-refractivity contribution is 0.443. The molecule has 0 saturated heterocycles. The van der Waals surface area contributed by atoms with Gasteiger partial charge in [-0.25, -0.2) is 0 Å². The zero-order chi connectivity index (χ0) is 9.40. The van der Waals surface area contributed by atoms with Crippen LogP contribution in [0.25, 0.3) is 0 Å². The van der Waals surface area contributed by atoms with Crippen LogP contribution in [0, 0.1) is 5.92 Å². The molecule has 0 aliphatic rings. The Hall–Kier alpha value is -0.0400. The number of hydrogen-bond acceptors (Lipinski definition) is 1. The molecule has 0 fully saturated rings. The first-order valence-electron chi connectivity index (χ1n) is 5.44. The van der Waals surface area contributed by atoms with Gasteiger partial charge in [0.25, 0.3) is 0 Å². The summed E-state index contributed by atoms with van der Waals surface area (Å²) in [7, 11) is 0. The fraction of sp³-hybridized carbons (Fsp3) is 1.00. The molecule has 1 N–H and O–H groups in total. The molecule has 0 amide bonds. The van der Waals surface area contributed by atoms with E-state index in [0.29, 0.717) is 6.04 Å². The predicted molar refractivity (Wildman–Crippen MR) is 56.4 cm³/mol. The van der Waals surface area contributed by atoms with E-state index in [1.54, 1.807) is 0 Å². The average Bonchev–Trinajstić information content (AvgIpc) is 2.04. The van der Waals surface area contributed by atoms with Crippen LogP contribution in [0.2, 0.25) is 0 Å². The first kappa shape index (κ1) is 12.0. The Balaban J connectivity index is 3.18. The SMILES string of the molecule is CCCC(C)NCCC(C)CC. The minimum absolute atomic E-state index is 0.707. The van der Waals surface area contributed by atoms with Crippen LogP contribution in [0.1, 0.15) is 53.4 Å². The van der Waals surface area contributed by atoms with E-state index in [0.717, 1.165) is 5.92 Å². The predicted octanol–water partition coefficient (Wildman–Crippen LogP) is 3.20. The summed E-state index contributed by atoms with van der Waals surface area (Å²) in [5.74, 6) is 0.881. The second kappa shape index (κ2) is 7.60. The van der Waals surface area contributed by atoms with Crippen molar-refractivity contribution in [1.82, 2.24) is 5.32 Å².